The van der Waals surface area contributed by atoms with Gasteiger partial charge in [-0.15, -0.1) is 12.4 Å². The third-order valence-electron chi connectivity index (χ3n) is 3.17. The lowest BCUT2D eigenvalue weighted by Gasteiger charge is -2.05. The summed E-state index contributed by atoms with van der Waals surface area (Å²) in [6, 6.07) is 10.4. The van der Waals surface area contributed by atoms with Crippen LogP contribution in [0.25, 0.3) is 0 Å². The first-order valence-corrected chi connectivity index (χ1v) is 5.91. The normalized spacial score (nSPS) is 13.0. The first kappa shape index (κ1) is 12.4. The van der Waals surface area contributed by atoms with Gasteiger partial charge in [0.2, 0.25) is 0 Å². The van der Waals surface area contributed by atoms with E-state index in [2.05, 4.69) is 23.2 Å². The molecule has 0 saturated heterocycles. The van der Waals surface area contributed by atoms with Crippen molar-refractivity contribution in [2.75, 3.05) is 0 Å². The van der Waals surface area contributed by atoms with Gasteiger partial charge in [0, 0.05) is 23.3 Å². The smallest absolute Gasteiger partial charge is 0.0479 e. The van der Waals surface area contributed by atoms with Crippen LogP contribution in [0.2, 0.25) is 5.02 Å². The van der Waals surface area contributed by atoms with Crippen molar-refractivity contribution in [1.29, 1.82) is 0 Å². The van der Waals surface area contributed by atoms with Crippen molar-refractivity contribution < 1.29 is 0 Å². The summed E-state index contributed by atoms with van der Waals surface area (Å²) >= 11 is 6.03. The number of rotatable bonds is 0. The van der Waals surface area contributed by atoms with E-state index in [-0.39, 0.29) is 12.4 Å². The van der Waals surface area contributed by atoms with Crippen LogP contribution in [0.15, 0.2) is 36.5 Å². The van der Waals surface area contributed by atoms with Gasteiger partial charge in [-0.2, -0.15) is 0 Å². The molecule has 2 aromatic rings. The Morgan fingerprint density at radius 1 is 1.00 bits per heavy atom. The highest BCUT2D eigenvalue weighted by atomic mass is 35.5. The standard InChI is InChI=1S/C14H12ClN.ClH/c15-13-6-5-12-9-14-10(2-1-7-16-14)3-4-11(12)8-13;/h1-2,5-8H,3-4,9H2;1H. The highest BCUT2D eigenvalue weighted by Gasteiger charge is 2.13. The fourth-order valence-corrected chi connectivity index (χ4v) is 2.50. The topological polar surface area (TPSA) is 12.9 Å². The summed E-state index contributed by atoms with van der Waals surface area (Å²) in [6.45, 7) is 0. The maximum absolute atomic E-state index is 6.03. The van der Waals surface area contributed by atoms with Gasteiger partial charge in [0.15, 0.2) is 0 Å². The number of halogens is 2. The van der Waals surface area contributed by atoms with E-state index in [9.17, 15) is 0 Å². The van der Waals surface area contributed by atoms with E-state index < -0.39 is 0 Å². The molecule has 3 rings (SSSR count). The fourth-order valence-electron chi connectivity index (χ4n) is 2.31. The lowest BCUT2D eigenvalue weighted by atomic mass is 10.0. The number of pyridine rings is 1. The van der Waals surface area contributed by atoms with Crippen LogP contribution in [0.1, 0.15) is 22.4 Å². The minimum absolute atomic E-state index is 0. The van der Waals surface area contributed by atoms with Crippen LogP contribution < -0.4 is 0 Å². The molecular formula is C14H13Cl2N. The first-order chi connectivity index (χ1) is 7.83. The van der Waals surface area contributed by atoms with Gasteiger partial charge >= 0.3 is 0 Å². The van der Waals surface area contributed by atoms with Crippen LogP contribution in [0.5, 0.6) is 0 Å². The number of fused-ring (bicyclic) bond motifs is 2. The molecule has 0 aliphatic heterocycles. The van der Waals surface area contributed by atoms with E-state index in [1.807, 2.05) is 18.3 Å². The zero-order chi connectivity index (χ0) is 11.0. The summed E-state index contributed by atoms with van der Waals surface area (Å²) in [5.41, 5.74) is 5.31. The van der Waals surface area contributed by atoms with E-state index in [1.165, 1.54) is 22.4 Å². The second-order valence-corrected chi connectivity index (χ2v) is 4.64. The summed E-state index contributed by atoms with van der Waals surface area (Å²) < 4.78 is 0. The molecule has 0 saturated carbocycles. The largest absolute Gasteiger partial charge is 0.261 e. The number of hydrogen-bond donors (Lipinski definition) is 0. The third-order valence-corrected chi connectivity index (χ3v) is 3.41. The van der Waals surface area contributed by atoms with E-state index in [1.54, 1.807) is 0 Å². The maximum atomic E-state index is 6.03. The molecule has 0 bridgehead atoms. The molecule has 1 aliphatic carbocycles. The number of aryl methyl sites for hydroxylation is 2. The van der Waals surface area contributed by atoms with E-state index in [0.29, 0.717) is 0 Å². The fraction of sp³-hybridized carbons (Fsp3) is 0.214. The van der Waals surface area contributed by atoms with Crippen LogP contribution in [-0.2, 0) is 19.3 Å². The van der Waals surface area contributed by atoms with Crippen molar-refractivity contribution in [3.8, 4) is 0 Å². The summed E-state index contributed by atoms with van der Waals surface area (Å²) in [5.74, 6) is 0. The van der Waals surface area contributed by atoms with Crippen LogP contribution in [0.3, 0.4) is 0 Å². The predicted molar refractivity (Wildman–Crippen MR) is 73.2 cm³/mol. The summed E-state index contributed by atoms with van der Waals surface area (Å²) in [5, 5.41) is 0.831. The molecule has 0 spiro atoms. The molecule has 88 valence electrons. The monoisotopic (exact) mass is 265 g/mol. The molecule has 0 radical (unpaired) electrons. The molecule has 1 aromatic heterocycles. The van der Waals surface area contributed by atoms with Gasteiger partial charge < -0.3 is 0 Å². The quantitative estimate of drug-likeness (QED) is 0.705. The molecule has 1 nitrogen and oxygen atoms in total. The molecule has 1 heterocycles. The van der Waals surface area contributed by atoms with Gasteiger partial charge in [-0.05, 0) is 47.7 Å². The highest BCUT2D eigenvalue weighted by molar-refractivity contribution is 6.30. The van der Waals surface area contributed by atoms with Crippen molar-refractivity contribution in [3.63, 3.8) is 0 Å². The van der Waals surface area contributed by atoms with E-state index in [0.717, 1.165) is 24.3 Å². The van der Waals surface area contributed by atoms with Gasteiger partial charge in [0.1, 0.15) is 0 Å². The lowest BCUT2D eigenvalue weighted by Crippen LogP contribution is -1.95. The SMILES string of the molecule is Cl.Clc1ccc2c(c1)CCc1cccnc1C2. The van der Waals surface area contributed by atoms with Crippen LogP contribution in [0.4, 0.5) is 0 Å². The molecule has 0 N–H and O–H groups in total. The number of benzene rings is 1. The molecule has 0 fully saturated rings. The molecular weight excluding hydrogens is 253 g/mol. The van der Waals surface area contributed by atoms with Gasteiger partial charge in [-0.1, -0.05) is 23.7 Å². The van der Waals surface area contributed by atoms with Crippen LogP contribution >= 0.6 is 24.0 Å². The zero-order valence-electron chi connectivity index (χ0n) is 9.32. The lowest BCUT2D eigenvalue weighted by molar-refractivity contribution is 0.952. The average molecular weight is 266 g/mol. The predicted octanol–water partition coefficient (Wildman–Crippen LogP) is 3.85. The van der Waals surface area contributed by atoms with Crippen molar-refractivity contribution in [1.82, 2.24) is 4.98 Å². The Labute approximate surface area is 112 Å². The third kappa shape index (κ3) is 2.46. The molecule has 17 heavy (non-hydrogen) atoms. The Hall–Kier alpha value is -1.05. The number of hydrogen-bond acceptors (Lipinski definition) is 1. The minimum Gasteiger partial charge on any atom is -0.261 e. The van der Waals surface area contributed by atoms with Gasteiger partial charge in [-0.25, -0.2) is 0 Å². The van der Waals surface area contributed by atoms with Gasteiger partial charge in [0.05, 0.1) is 0 Å². The Balaban J connectivity index is 0.00000108. The van der Waals surface area contributed by atoms with Crippen molar-refractivity contribution in [2.45, 2.75) is 19.3 Å². The van der Waals surface area contributed by atoms with Gasteiger partial charge in [0.25, 0.3) is 0 Å². The Kier molecular flexibility index (Phi) is 3.70. The van der Waals surface area contributed by atoms with E-state index >= 15 is 0 Å². The Bertz CT molecular complexity index is 537. The minimum atomic E-state index is 0. The van der Waals surface area contributed by atoms with Crippen LogP contribution in [0, 0.1) is 0 Å². The Morgan fingerprint density at radius 3 is 2.71 bits per heavy atom. The molecule has 1 aromatic carbocycles. The number of nitrogens with zero attached hydrogens (tertiary/aromatic N) is 1. The molecule has 3 heteroatoms. The second-order valence-electron chi connectivity index (χ2n) is 4.20. The van der Waals surface area contributed by atoms with E-state index in [4.69, 9.17) is 11.6 Å². The maximum Gasteiger partial charge on any atom is 0.0479 e. The van der Waals surface area contributed by atoms with Crippen molar-refractivity contribution >= 4 is 24.0 Å². The molecule has 0 amide bonds. The zero-order valence-corrected chi connectivity index (χ0v) is 10.9. The molecule has 1 aliphatic rings. The Morgan fingerprint density at radius 2 is 1.82 bits per heavy atom. The summed E-state index contributed by atoms with van der Waals surface area (Å²) in [6.07, 6.45) is 4.94. The second kappa shape index (κ2) is 5.07. The molecule has 0 atom stereocenters. The average Bonchev–Trinajstić information content (AvgIpc) is 2.48. The molecule has 0 unspecified atom stereocenters. The first-order valence-electron chi connectivity index (χ1n) is 5.53. The van der Waals surface area contributed by atoms with Gasteiger partial charge in [-0.3, -0.25) is 4.98 Å². The summed E-state index contributed by atoms with van der Waals surface area (Å²) in [7, 11) is 0. The summed E-state index contributed by atoms with van der Waals surface area (Å²) in [4.78, 5) is 4.47. The number of aromatic nitrogens is 1. The van der Waals surface area contributed by atoms with Crippen molar-refractivity contribution in [2.24, 2.45) is 0 Å². The van der Waals surface area contributed by atoms with Crippen LogP contribution in [-0.4, -0.2) is 4.98 Å². The van der Waals surface area contributed by atoms with Crippen molar-refractivity contribution in [3.05, 3.63) is 63.9 Å². The highest BCUT2D eigenvalue weighted by Crippen LogP contribution is 2.25.